The largest absolute Gasteiger partial charge is 0.482 e. The van der Waals surface area contributed by atoms with Gasteiger partial charge in [0.05, 0.1) is 0 Å². The first-order valence-electron chi connectivity index (χ1n) is 16.9. The van der Waals surface area contributed by atoms with Gasteiger partial charge in [0.25, 0.3) is 0 Å². The van der Waals surface area contributed by atoms with Gasteiger partial charge in [0.2, 0.25) is 0 Å². The average Bonchev–Trinajstić information content (AvgIpc) is 2.93. The molecular weight excluding hydrogens is 636 g/mol. The van der Waals surface area contributed by atoms with Crippen LogP contribution >= 0.6 is 0 Å². The molecule has 0 aliphatic heterocycles. The van der Waals surface area contributed by atoms with Crippen molar-refractivity contribution in [3.63, 3.8) is 0 Å². The number of benzene rings is 3. The molecule has 3 aromatic rings. The monoisotopic (exact) mass is 690 g/mol. The second-order valence-electron chi connectivity index (χ2n) is 15.6. The molecule has 0 aliphatic rings. The van der Waals surface area contributed by atoms with Gasteiger partial charge in [-0.25, -0.2) is 14.4 Å². The fourth-order valence-electron chi connectivity index (χ4n) is 5.28. The first kappa shape index (κ1) is 39.9. The van der Waals surface area contributed by atoms with Crippen molar-refractivity contribution < 1.29 is 42.8 Å². The molecule has 0 amide bonds. The van der Waals surface area contributed by atoms with Gasteiger partial charge in [-0.05, 0) is 117 Å². The lowest BCUT2D eigenvalue weighted by molar-refractivity contribution is -0.158. The number of rotatable bonds is 13. The van der Waals surface area contributed by atoms with E-state index in [0.29, 0.717) is 30.1 Å². The van der Waals surface area contributed by atoms with Crippen molar-refractivity contribution in [3.8, 4) is 17.2 Å². The summed E-state index contributed by atoms with van der Waals surface area (Å²) in [6, 6.07) is 15.6. The smallest absolute Gasteiger partial charge is 0.344 e. The number of hydrogen-bond donors (Lipinski definition) is 0. The van der Waals surface area contributed by atoms with Gasteiger partial charge in [-0.3, -0.25) is 0 Å². The van der Waals surface area contributed by atoms with Crippen molar-refractivity contribution in [1.29, 1.82) is 0 Å². The number of esters is 3. The molecule has 0 saturated carbocycles. The summed E-state index contributed by atoms with van der Waals surface area (Å²) in [5.74, 6) is 0.181. The van der Waals surface area contributed by atoms with E-state index in [1.165, 1.54) is 0 Å². The summed E-state index contributed by atoms with van der Waals surface area (Å²) >= 11 is 0. The van der Waals surface area contributed by atoms with Crippen LogP contribution in [0.3, 0.4) is 0 Å². The molecule has 9 heteroatoms. The van der Waals surface area contributed by atoms with E-state index in [1.807, 2.05) is 111 Å². The minimum atomic E-state index is -0.677. The summed E-state index contributed by atoms with van der Waals surface area (Å²) < 4.78 is 34.7. The number of carbonyl (C=O) groups excluding carboxylic acids is 3. The second kappa shape index (κ2) is 16.5. The highest BCUT2D eigenvalue weighted by Gasteiger charge is 2.23. The first-order chi connectivity index (χ1) is 23.1. The predicted octanol–water partition coefficient (Wildman–Crippen LogP) is 7.95. The van der Waals surface area contributed by atoms with Gasteiger partial charge in [-0.2, -0.15) is 0 Å². The summed E-state index contributed by atoms with van der Waals surface area (Å²) in [5, 5.41) is 0. The van der Waals surface area contributed by atoms with E-state index in [-0.39, 0.29) is 19.8 Å². The second-order valence-corrected chi connectivity index (χ2v) is 15.6. The highest BCUT2D eigenvalue weighted by molar-refractivity contribution is 5.73. The Hall–Kier alpha value is -4.53. The first-order valence-corrected chi connectivity index (χ1v) is 16.9. The molecule has 50 heavy (non-hydrogen) atoms. The van der Waals surface area contributed by atoms with Crippen molar-refractivity contribution in [2.45, 2.75) is 113 Å². The molecule has 3 aromatic carbocycles. The Labute approximate surface area is 297 Å². The molecule has 0 fully saturated rings. The van der Waals surface area contributed by atoms with Crippen LogP contribution in [0.25, 0.3) is 0 Å². The van der Waals surface area contributed by atoms with E-state index in [2.05, 4.69) is 0 Å². The topological polar surface area (TPSA) is 107 Å². The third kappa shape index (κ3) is 13.8. The van der Waals surface area contributed by atoms with Crippen LogP contribution in [-0.4, -0.2) is 54.5 Å². The predicted molar refractivity (Wildman–Crippen MR) is 193 cm³/mol. The van der Waals surface area contributed by atoms with Gasteiger partial charge in [0.1, 0.15) is 34.1 Å². The van der Waals surface area contributed by atoms with Gasteiger partial charge >= 0.3 is 17.9 Å². The Morgan fingerprint density at radius 2 is 0.780 bits per heavy atom. The molecule has 272 valence electrons. The molecule has 0 bridgehead atoms. The van der Waals surface area contributed by atoms with Gasteiger partial charge in [-0.1, -0.05) is 53.1 Å². The Morgan fingerprint density at radius 3 is 1.12 bits per heavy atom. The molecule has 0 unspecified atom stereocenters. The molecule has 0 aliphatic carbocycles. The average molecular weight is 691 g/mol. The molecule has 0 heterocycles. The standard InChI is InChI=1S/C41H54O9/c1-26-13-15-33(45-23-35(42)48-39(4,5)6)29(17-26)21-31-19-28(3)20-32(38(31)47-25-37(44)50-41(10,11)12)22-30-18-27(2)14-16-34(30)46-24-36(43)49-40(7,8)9/h13-20H,21-25H2,1-12H3. The lowest BCUT2D eigenvalue weighted by Gasteiger charge is -2.22. The normalized spacial score (nSPS) is 11.8. The minimum Gasteiger partial charge on any atom is -0.482 e. The number of ether oxygens (including phenoxy) is 6. The van der Waals surface area contributed by atoms with Crippen LogP contribution in [0, 0.1) is 20.8 Å². The Kier molecular flexibility index (Phi) is 13.1. The summed E-state index contributed by atoms with van der Waals surface area (Å²) in [7, 11) is 0. The third-order valence-corrected chi connectivity index (χ3v) is 6.87. The third-order valence-electron chi connectivity index (χ3n) is 6.87. The zero-order valence-electron chi connectivity index (χ0n) is 31.8. The highest BCUT2D eigenvalue weighted by Crippen LogP contribution is 2.35. The molecule has 9 nitrogen and oxygen atoms in total. The Bertz CT molecular complexity index is 1560. The molecule has 0 atom stereocenters. The van der Waals surface area contributed by atoms with Gasteiger partial charge in [-0.15, -0.1) is 0 Å². The number of hydrogen-bond acceptors (Lipinski definition) is 9. The van der Waals surface area contributed by atoms with Crippen LogP contribution in [0.2, 0.25) is 0 Å². The summed E-state index contributed by atoms with van der Waals surface area (Å²) in [6.45, 7) is 21.5. The summed E-state index contributed by atoms with van der Waals surface area (Å²) in [4.78, 5) is 37.8. The maximum absolute atomic E-state index is 12.9. The van der Waals surface area contributed by atoms with Gasteiger partial charge in [0.15, 0.2) is 19.8 Å². The van der Waals surface area contributed by atoms with Crippen molar-refractivity contribution in [2.24, 2.45) is 0 Å². The zero-order chi connectivity index (χ0) is 37.4. The summed E-state index contributed by atoms with van der Waals surface area (Å²) in [6.07, 6.45) is 0.777. The van der Waals surface area contributed by atoms with Crippen LogP contribution < -0.4 is 14.2 Å². The summed E-state index contributed by atoms with van der Waals surface area (Å²) in [5.41, 5.74) is 4.38. The highest BCUT2D eigenvalue weighted by atomic mass is 16.6. The van der Waals surface area contributed by atoms with Crippen LogP contribution in [0.4, 0.5) is 0 Å². The van der Waals surface area contributed by atoms with E-state index < -0.39 is 34.7 Å². The van der Waals surface area contributed by atoms with Crippen LogP contribution in [0.15, 0.2) is 48.5 Å². The molecular formula is C41H54O9. The minimum absolute atomic E-state index is 0.242. The number of aryl methyl sites for hydroxylation is 3. The Balaban J connectivity index is 2.03. The van der Waals surface area contributed by atoms with Crippen molar-refractivity contribution in [2.75, 3.05) is 19.8 Å². The van der Waals surface area contributed by atoms with E-state index >= 15 is 0 Å². The lowest BCUT2D eigenvalue weighted by Crippen LogP contribution is -2.27. The number of carbonyl (C=O) groups is 3. The lowest BCUT2D eigenvalue weighted by atomic mass is 9.93. The van der Waals surface area contributed by atoms with Crippen molar-refractivity contribution in [3.05, 3.63) is 87.5 Å². The van der Waals surface area contributed by atoms with Gasteiger partial charge in [0, 0.05) is 12.8 Å². The quantitative estimate of drug-likeness (QED) is 0.130. The van der Waals surface area contributed by atoms with E-state index in [0.717, 1.165) is 38.9 Å². The van der Waals surface area contributed by atoms with Gasteiger partial charge < -0.3 is 28.4 Å². The van der Waals surface area contributed by atoms with Crippen LogP contribution in [0.5, 0.6) is 17.2 Å². The maximum atomic E-state index is 12.9. The molecule has 3 rings (SSSR count). The maximum Gasteiger partial charge on any atom is 0.344 e. The van der Waals surface area contributed by atoms with E-state index in [4.69, 9.17) is 28.4 Å². The molecule has 0 saturated heterocycles. The Morgan fingerprint density at radius 1 is 0.460 bits per heavy atom. The SMILES string of the molecule is Cc1ccc(OCC(=O)OC(C)(C)C)c(Cc2cc(C)cc(Cc3cc(C)ccc3OCC(=O)OC(C)(C)C)c2OCC(=O)OC(C)(C)C)c1. The van der Waals surface area contributed by atoms with E-state index in [1.54, 1.807) is 20.8 Å². The molecule has 0 spiro atoms. The molecule has 0 N–H and O–H groups in total. The van der Waals surface area contributed by atoms with Crippen molar-refractivity contribution in [1.82, 2.24) is 0 Å². The fourth-order valence-corrected chi connectivity index (χ4v) is 5.28. The molecule has 0 radical (unpaired) electrons. The fraction of sp³-hybridized carbons (Fsp3) is 0.488. The van der Waals surface area contributed by atoms with Crippen LogP contribution in [-0.2, 0) is 41.4 Å². The zero-order valence-corrected chi connectivity index (χ0v) is 31.8. The molecule has 0 aromatic heterocycles. The van der Waals surface area contributed by atoms with E-state index in [9.17, 15) is 14.4 Å². The van der Waals surface area contributed by atoms with Crippen molar-refractivity contribution >= 4 is 17.9 Å². The van der Waals surface area contributed by atoms with Crippen LogP contribution in [0.1, 0.15) is 101 Å².